The normalized spacial score (nSPS) is 11.5. The molecule has 0 aliphatic carbocycles. The molecule has 3 nitrogen and oxygen atoms in total. The number of hydrogen-bond acceptors (Lipinski definition) is 3. The predicted molar refractivity (Wildman–Crippen MR) is 76.6 cm³/mol. The molecule has 1 aromatic rings. The Hall–Kier alpha value is -0.260. The van der Waals surface area contributed by atoms with Gasteiger partial charge in [0, 0.05) is 16.8 Å². The van der Waals surface area contributed by atoms with Crippen molar-refractivity contribution in [2.75, 3.05) is 23.4 Å². The Morgan fingerprint density at radius 1 is 1.35 bits per heavy atom. The van der Waals surface area contributed by atoms with Gasteiger partial charge in [-0.25, -0.2) is 8.42 Å². The molecule has 0 atom stereocenters. The molecule has 0 aliphatic rings. The van der Waals surface area contributed by atoms with Crippen molar-refractivity contribution in [1.82, 2.24) is 0 Å². The van der Waals surface area contributed by atoms with Crippen molar-refractivity contribution in [3.05, 3.63) is 27.7 Å². The third-order valence-electron chi connectivity index (χ3n) is 2.17. The van der Waals surface area contributed by atoms with Crippen LogP contribution >= 0.6 is 27.5 Å². The zero-order valence-electron chi connectivity index (χ0n) is 9.54. The number of benzene rings is 1. The van der Waals surface area contributed by atoms with Gasteiger partial charge in [-0.15, -0.1) is 0 Å². The number of rotatable bonds is 6. The molecular formula is C11H15BrClNO2S. The molecule has 96 valence electrons. The van der Waals surface area contributed by atoms with Crippen LogP contribution in [0, 0.1) is 0 Å². The molecule has 0 saturated carbocycles. The summed E-state index contributed by atoms with van der Waals surface area (Å²) in [6.07, 6.45) is 0.653. The van der Waals surface area contributed by atoms with Crippen LogP contribution in [0.25, 0.3) is 0 Å². The highest BCUT2D eigenvalue weighted by atomic mass is 79.9. The van der Waals surface area contributed by atoms with E-state index >= 15 is 0 Å². The topological polar surface area (TPSA) is 46.2 Å². The Balaban J connectivity index is 2.54. The summed E-state index contributed by atoms with van der Waals surface area (Å²) in [5.41, 5.74) is 0.743. The van der Waals surface area contributed by atoms with Crippen molar-refractivity contribution in [3.63, 3.8) is 0 Å². The average Bonchev–Trinajstić information content (AvgIpc) is 2.23. The first-order valence-corrected chi connectivity index (χ1v) is 8.33. The van der Waals surface area contributed by atoms with Crippen LogP contribution in [0.3, 0.4) is 0 Å². The van der Waals surface area contributed by atoms with E-state index in [-0.39, 0.29) is 11.5 Å². The first kappa shape index (κ1) is 14.8. The molecule has 1 N–H and O–H groups in total. The maximum atomic E-state index is 11.5. The largest absolute Gasteiger partial charge is 0.383 e. The lowest BCUT2D eigenvalue weighted by Gasteiger charge is -2.09. The highest BCUT2D eigenvalue weighted by Crippen LogP contribution is 2.25. The summed E-state index contributed by atoms with van der Waals surface area (Å²) < 4.78 is 23.9. The number of halogens is 2. The number of sulfone groups is 1. The molecule has 0 aromatic heterocycles. The van der Waals surface area contributed by atoms with Crippen molar-refractivity contribution >= 4 is 43.1 Å². The van der Waals surface area contributed by atoms with Gasteiger partial charge in [-0.2, -0.15) is 0 Å². The number of anilines is 1. The van der Waals surface area contributed by atoms with Crippen molar-refractivity contribution in [1.29, 1.82) is 0 Å². The summed E-state index contributed by atoms with van der Waals surface area (Å²) in [5.74, 6) is 0.366. The lowest BCUT2D eigenvalue weighted by molar-refractivity contribution is 0.595. The van der Waals surface area contributed by atoms with Gasteiger partial charge in [0.15, 0.2) is 9.84 Å². The van der Waals surface area contributed by atoms with Crippen LogP contribution in [0.15, 0.2) is 22.7 Å². The van der Waals surface area contributed by atoms with Crippen LogP contribution in [0.5, 0.6) is 0 Å². The first-order valence-electron chi connectivity index (χ1n) is 5.34. The molecule has 0 spiro atoms. The standard InChI is InChI=1S/C11H15BrClNO2S/c1-2-6-17(15,16)7-5-14-11-8-9(12)3-4-10(11)13/h3-4,8,14H,2,5-7H2,1H3. The van der Waals surface area contributed by atoms with Crippen molar-refractivity contribution in [2.24, 2.45) is 0 Å². The maximum absolute atomic E-state index is 11.5. The van der Waals surface area contributed by atoms with Crippen LogP contribution in [0.4, 0.5) is 5.69 Å². The van der Waals surface area contributed by atoms with E-state index < -0.39 is 9.84 Å². The fourth-order valence-electron chi connectivity index (χ4n) is 1.39. The molecule has 0 bridgehead atoms. The monoisotopic (exact) mass is 339 g/mol. The molecule has 1 rings (SSSR count). The molecule has 0 fully saturated rings. The first-order chi connectivity index (χ1) is 7.94. The van der Waals surface area contributed by atoms with Crippen molar-refractivity contribution in [3.8, 4) is 0 Å². The quantitative estimate of drug-likeness (QED) is 0.864. The molecule has 6 heteroatoms. The van der Waals surface area contributed by atoms with E-state index in [0.29, 0.717) is 18.0 Å². The summed E-state index contributed by atoms with van der Waals surface area (Å²) in [7, 11) is -2.94. The van der Waals surface area contributed by atoms with E-state index in [9.17, 15) is 8.42 Å². The molecule has 0 unspecified atom stereocenters. The van der Waals surface area contributed by atoms with Crippen molar-refractivity contribution in [2.45, 2.75) is 13.3 Å². The van der Waals surface area contributed by atoms with Gasteiger partial charge in [0.05, 0.1) is 16.5 Å². The molecule has 1 aromatic carbocycles. The molecule has 17 heavy (non-hydrogen) atoms. The van der Waals surface area contributed by atoms with Gasteiger partial charge in [-0.1, -0.05) is 34.5 Å². The van der Waals surface area contributed by atoms with Gasteiger partial charge < -0.3 is 5.32 Å². The summed E-state index contributed by atoms with van der Waals surface area (Å²) in [6.45, 7) is 2.23. The summed E-state index contributed by atoms with van der Waals surface area (Å²) in [5, 5.41) is 3.61. The zero-order valence-corrected chi connectivity index (χ0v) is 12.7. The Kier molecular flexibility index (Phi) is 5.76. The molecule has 0 heterocycles. The Bertz CT molecular complexity index is 476. The fourth-order valence-corrected chi connectivity index (χ4v) is 3.17. The molecule has 0 amide bonds. The molecule has 0 saturated heterocycles. The molecular weight excluding hydrogens is 326 g/mol. The van der Waals surface area contributed by atoms with E-state index in [0.717, 1.165) is 10.2 Å². The number of hydrogen-bond donors (Lipinski definition) is 1. The smallest absolute Gasteiger partial charge is 0.152 e. The van der Waals surface area contributed by atoms with E-state index in [2.05, 4.69) is 21.2 Å². The lowest BCUT2D eigenvalue weighted by Crippen LogP contribution is -2.18. The van der Waals surface area contributed by atoms with Gasteiger partial charge in [-0.05, 0) is 24.6 Å². The minimum atomic E-state index is -2.94. The van der Waals surface area contributed by atoms with E-state index in [4.69, 9.17) is 11.6 Å². The zero-order chi connectivity index (χ0) is 12.9. The van der Waals surface area contributed by atoms with E-state index in [1.165, 1.54) is 0 Å². The second kappa shape index (κ2) is 6.61. The van der Waals surface area contributed by atoms with Gasteiger partial charge in [0.1, 0.15) is 0 Å². The molecule has 0 radical (unpaired) electrons. The minimum Gasteiger partial charge on any atom is -0.383 e. The van der Waals surface area contributed by atoms with E-state index in [1.807, 2.05) is 19.1 Å². The van der Waals surface area contributed by atoms with Gasteiger partial charge >= 0.3 is 0 Å². The van der Waals surface area contributed by atoms with Crippen LogP contribution in [0.2, 0.25) is 5.02 Å². The SMILES string of the molecule is CCCS(=O)(=O)CCNc1cc(Br)ccc1Cl. The highest BCUT2D eigenvalue weighted by Gasteiger charge is 2.09. The second-order valence-electron chi connectivity index (χ2n) is 3.70. The van der Waals surface area contributed by atoms with Crippen LogP contribution < -0.4 is 5.32 Å². The van der Waals surface area contributed by atoms with Gasteiger partial charge in [0.25, 0.3) is 0 Å². The van der Waals surface area contributed by atoms with Gasteiger partial charge in [0.2, 0.25) is 0 Å². The Morgan fingerprint density at radius 2 is 2.06 bits per heavy atom. The van der Waals surface area contributed by atoms with Crippen LogP contribution in [0.1, 0.15) is 13.3 Å². The summed E-state index contributed by atoms with van der Waals surface area (Å²) in [6, 6.07) is 5.42. The minimum absolute atomic E-state index is 0.129. The fraction of sp³-hybridized carbons (Fsp3) is 0.455. The van der Waals surface area contributed by atoms with Gasteiger partial charge in [-0.3, -0.25) is 0 Å². The average molecular weight is 341 g/mol. The Labute approximate surface area is 116 Å². The summed E-state index contributed by atoms with van der Waals surface area (Å²) in [4.78, 5) is 0. The predicted octanol–water partition coefficient (Wildman–Crippen LogP) is 3.34. The van der Waals surface area contributed by atoms with Crippen molar-refractivity contribution < 1.29 is 8.42 Å². The third kappa shape index (κ3) is 5.27. The number of nitrogens with one attached hydrogen (secondary N) is 1. The second-order valence-corrected chi connectivity index (χ2v) is 7.33. The van der Waals surface area contributed by atoms with E-state index in [1.54, 1.807) is 6.07 Å². The maximum Gasteiger partial charge on any atom is 0.152 e. The third-order valence-corrected chi connectivity index (χ3v) is 4.85. The molecule has 0 aliphatic heterocycles. The Morgan fingerprint density at radius 3 is 2.71 bits per heavy atom. The summed E-state index contributed by atoms with van der Waals surface area (Å²) >= 11 is 9.31. The van der Waals surface area contributed by atoms with Crippen LogP contribution in [-0.4, -0.2) is 26.5 Å². The lowest BCUT2D eigenvalue weighted by atomic mass is 10.3. The highest BCUT2D eigenvalue weighted by molar-refractivity contribution is 9.10. The van der Waals surface area contributed by atoms with Crippen LogP contribution in [-0.2, 0) is 9.84 Å².